The minimum atomic E-state index is -0.982. The summed E-state index contributed by atoms with van der Waals surface area (Å²) in [5.41, 5.74) is 0.117. The molecule has 0 aliphatic rings. The lowest BCUT2D eigenvalue weighted by Gasteiger charge is -2.15. The van der Waals surface area contributed by atoms with Crippen LogP contribution in [-0.4, -0.2) is 16.9 Å². The molecule has 1 atom stereocenters. The molecule has 0 saturated carbocycles. The van der Waals surface area contributed by atoms with Crippen molar-refractivity contribution in [3.05, 3.63) is 62.9 Å². The lowest BCUT2D eigenvalue weighted by Crippen LogP contribution is -2.30. The van der Waals surface area contributed by atoms with Crippen LogP contribution in [0.1, 0.15) is 6.92 Å². The van der Waals surface area contributed by atoms with E-state index in [1.54, 1.807) is 6.07 Å². The maximum Gasteiger partial charge on any atom is 0.271 e. The van der Waals surface area contributed by atoms with Gasteiger partial charge in [-0.3, -0.25) is 14.9 Å². The summed E-state index contributed by atoms with van der Waals surface area (Å²) in [5, 5.41) is 13.2. The van der Waals surface area contributed by atoms with Crippen LogP contribution >= 0.6 is 15.9 Å². The van der Waals surface area contributed by atoms with Crippen molar-refractivity contribution >= 4 is 33.2 Å². The molecule has 0 fully saturated rings. The number of carbonyl (C=O) groups is 1. The number of nitrogens with zero attached hydrogens (tertiary/aromatic N) is 1. The largest absolute Gasteiger partial charge is 0.478 e. The molecule has 0 spiro atoms. The second-order valence-electron chi connectivity index (χ2n) is 4.63. The Balaban J connectivity index is 2.05. The number of nitrogens with one attached hydrogen (secondary N) is 1. The molecule has 1 N–H and O–H groups in total. The smallest absolute Gasteiger partial charge is 0.271 e. The Bertz CT molecular complexity index is 754. The van der Waals surface area contributed by atoms with E-state index in [4.69, 9.17) is 4.74 Å². The molecule has 0 radical (unpaired) electrons. The lowest BCUT2D eigenvalue weighted by molar-refractivity contribution is -0.384. The molecule has 2 rings (SSSR count). The highest BCUT2D eigenvalue weighted by atomic mass is 79.9. The van der Waals surface area contributed by atoms with Crippen molar-refractivity contribution in [2.24, 2.45) is 0 Å². The van der Waals surface area contributed by atoms with Gasteiger partial charge in [-0.25, -0.2) is 4.39 Å². The Kier molecular flexibility index (Phi) is 5.28. The highest BCUT2D eigenvalue weighted by molar-refractivity contribution is 9.10. The van der Waals surface area contributed by atoms with Gasteiger partial charge in [-0.15, -0.1) is 0 Å². The van der Waals surface area contributed by atoms with Crippen LogP contribution in [0.3, 0.4) is 0 Å². The zero-order valence-electron chi connectivity index (χ0n) is 12.0. The Labute approximate surface area is 139 Å². The number of nitro groups is 1. The molecule has 23 heavy (non-hydrogen) atoms. The van der Waals surface area contributed by atoms with E-state index >= 15 is 0 Å². The average molecular weight is 383 g/mol. The SMILES string of the molecule is CC(Oc1ccc(Br)cc1F)C(=O)Nc1cccc([N+](=O)[O-])c1. The number of anilines is 1. The Morgan fingerprint density at radius 2 is 2.09 bits per heavy atom. The van der Waals surface area contributed by atoms with Gasteiger partial charge in [0.15, 0.2) is 17.7 Å². The van der Waals surface area contributed by atoms with Crippen LogP contribution in [0.2, 0.25) is 0 Å². The topological polar surface area (TPSA) is 81.5 Å². The summed E-state index contributed by atoms with van der Waals surface area (Å²) in [6.07, 6.45) is -0.982. The monoisotopic (exact) mass is 382 g/mol. The summed E-state index contributed by atoms with van der Waals surface area (Å²) < 4.78 is 19.5. The fraction of sp³-hybridized carbons (Fsp3) is 0.133. The quantitative estimate of drug-likeness (QED) is 0.627. The number of carbonyl (C=O) groups excluding carboxylic acids is 1. The van der Waals surface area contributed by atoms with Gasteiger partial charge in [0.1, 0.15) is 0 Å². The van der Waals surface area contributed by atoms with Gasteiger partial charge in [0.05, 0.1) is 4.92 Å². The average Bonchev–Trinajstić information content (AvgIpc) is 2.50. The Morgan fingerprint density at radius 1 is 1.35 bits per heavy atom. The molecule has 2 aromatic carbocycles. The predicted molar refractivity (Wildman–Crippen MR) is 85.9 cm³/mol. The molecule has 0 aliphatic carbocycles. The van der Waals surface area contributed by atoms with E-state index in [-0.39, 0.29) is 17.1 Å². The highest BCUT2D eigenvalue weighted by Crippen LogP contribution is 2.23. The first kappa shape index (κ1) is 16.9. The molecule has 0 saturated heterocycles. The minimum Gasteiger partial charge on any atom is -0.478 e. The van der Waals surface area contributed by atoms with Crippen LogP contribution in [0.5, 0.6) is 5.75 Å². The highest BCUT2D eigenvalue weighted by Gasteiger charge is 2.18. The van der Waals surface area contributed by atoms with Crippen molar-refractivity contribution < 1.29 is 18.8 Å². The molecule has 0 bridgehead atoms. The molecule has 2 aromatic rings. The molecular weight excluding hydrogens is 371 g/mol. The zero-order valence-corrected chi connectivity index (χ0v) is 13.5. The standard InChI is InChI=1S/C15H12BrFN2O4/c1-9(23-14-6-5-10(16)7-13(14)17)15(20)18-11-3-2-4-12(8-11)19(21)22/h2-9H,1H3,(H,18,20). The number of ether oxygens (including phenoxy) is 1. The number of rotatable bonds is 5. The van der Waals surface area contributed by atoms with E-state index in [9.17, 15) is 19.3 Å². The first-order chi connectivity index (χ1) is 10.9. The molecular formula is C15H12BrFN2O4. The number of amides is 1. The number of hydrogen-bond donors (Lipinski definition) is 1. The molecule has 1 unspecified atom stereocenters. The van der Waals surface area contributed by atoms with Crippen LogP contribution < -0.4 is 10.1 Å². The first-order valence-electron chi connectivity index (χ1n) is 6.54. The van der Waals surface area contributed by atoms with E-state index in [0.29, 0.717) is 4.47 Å². The first-order valence-corrected chi connectivity index (χ1v) is 7.33. The van der Waals surface area contributed by atoms with Crippen LogP contribution in [0, 0.1) is 15.9 Å². The summed E-state index contributed by atoms with van der Waals surface area (Å²) in [7, 11) is 0. The number of halogens is 2. The summed E-state index contributed by atoms with van der Waals surface area (Å²) in [6, 6.07) is 9.71. The lowest BCUT2D eigenvalue weighted by atomic mass is 10.2. The predicted octanol–water partition coefficient (Wildman–Crippen LogP) is 3.90. The van der Waals surface area contributed by atoms with Crippen molar-refractivity contribution in [1.82, 2.24) is 0 Å². The molecule has 0 heterocycles. The fourth-order valence-corrected chi connectivity index (χ4v) is 2.09. The van der Waals surface area contributed by atoms with Gasteiger partial charge < -0.3 is 10.1 Å². The van der Waals surface area contributed by atoms with Crippen molar-refractivity contribution in [3.63, 3.8) is 0 Å². The minimum absolute atomic E-state index is 0.0603. The number of non-ortho nitro benzene ring substituents is 1. The second kappa shape index (κ2) is 7.19. The van der Waals surface area contributed by atoms with E-state index in [1.165, 1.54) is 43.3 Å². The maximum absolute atomic E-state index is 13.7. The summed E-state index contributed by atoms with van der Waals surface area (Å²) in [6.45, 7) is 1.45. The van der Waals surface area contributed by atoms with E-state index < -0.39 is 22.8 Å². The van der Waals surface area contributed by atoms with Gasteiger partial charge in [-0.05, 0) is 31.2 Å². The third-order valence-corrected chi connectivity index (χ3v) is 3.38. The van der Waals surface area contributed by atoms with Crippen LogP contribution in [0.25, 0.3) is 0 Å². The molecule has 6 nitrogen and oxygen atoms in total. The van der Waals surface area contributed by atoms with Crippen molar-refractivity contribution in [3.8, 4) is 5.75 Å². The maximum atomic E-state index is 13.7. The van der Waals surface area contributed by atoms with E-state index in [1.807, 2.05) is 0 Å². The van der Waals surface area contributed by atoms with Crippen molar-refractivity contribution in [1.29, 1.82) is 0 Å². The second-order valence-corrected chi connectivity index (χ2v) is 5.55. The van der Waals surface area contributed by atoms with Gasteiger partial charge in [0.2, 0.25) is 0 Å². The van der Waals surface area contributed by atoms with Gasteiger partial charge in [0.25, 0.3) is 11.6 Å². The van der Waals surface area contributed by atoms with Gasteiger partial charge in [-0.2, -0.15) is 0 Å². The number of hydrogen-bond acceptors (Lipinski definition) is 4. The molecule has 8 heteroatoms. The van der Waals surface area contributed by atoms with Gasteiger partial charge >= 0.3 is 0 Å². The number of nitro benzene ring substituents is 1. The molecule has 0 aromatic heterocycles. The molecule has 1 amide bonds. The summed E-state index contributed by atoms with van der Waals surface area (Å²) >= 11 is 3.12. The van der Waals surface area contributed by atoms with Crippen molar-refractivity contribution in [2.75, 3.05) is 5.32 Å². The van der Waals surface area contributed by atoms with Gasteiger partial charge in [0, 0.05) is 22.3 Å². The Morgan fingerprint density at radius 3 is 2.74 bits per heavy atom. The molecule has 0 aliphatic heterocycles. The van der Waals surface area contributed by atoms with E-state index in [2.05, 4.69) is 21.2 Å². The van der Waals surface area contributed by atoms with Crippen molar-refractivity contribution in [2.45, 2.75) is 13.0 Å². The third-order valence-electron chi connectivity index (χ3n) is 2.89. The van der Waals surface area contributed by atoms with Crippen LogP contribution in [0.4, 0.5) is 15.8 Å². The Hall–Kier alpha value is -2.48. The summed E-state index contributed by atoms with van der Waals surface area (Å²) in [5.74, 6) is -1.21. The fourth-order valence-electron chi connectivity index (χ4n) is 1.76. The van der Waals surface area contributed by atoms with Crippen LogP contribution in [-0.2, 0) is 4.79 Å². The summed E-state index contributed by atoms with van der Waals surface area (Å²) in [4.78, 5) is 22.2. The zero-order chi connectivity index (χ0) is 17.0. The van der Waals surface area contributed by atoms with Gasteiger partial charge in [-0.1, -0.05) is 22.0 Å². The third kappa shape index (κ3) is 4.49. The number of benzene rings is 2. The molecule has 120 valence electrons. The van der Waals surface area contributed by atoms with E-state index in [0.717, 1.165) is 0 Å². The van der Waals surface area contributed by atoms with Crippen LogP contribution in [0.15, 0.2) is 46.9 Å². The normalized spacial score (nSPS) is 11.6.